The third kappa shape index (κ3) is 7.60. The monoisotopic (exact) mass is 488 g/mol. The molecule has 1 N–H and O–H groups in total. The van der Waals surface area contributed by atoms with E-state index in [2.05, 4.69) is 104 Å². The first-order valence-electron chi connectivity index (χ1n) is 13.6. The van der Waals surface area contributed by atoms with Crippen LogP contribution in [-0.4, -0.2) is 5.91 Å². The summed E-state index contributed by atoms with van der Waals surface area (Å²) in [5, 5.41) is 3.04. The molecule has 0 saturated heterocycles. The average molecular weight is 489 g/mol. The lowest BCUT2D eigenvalue weighted by atomic mass is 9.90. The molecule has 0 aliphatic rings. The molecule has 0 spiro atoms. The lowest BCUT2D eigenvalue weighted by Gasteiger charge is -2.21. The maximum absolute atomic E-state index is 12.3. The zero-order valence-electron chi connectivity index (χ0n) is 22.2. The van der Waals surface area contributed by atoms with Crippen molar-refractivity contribution in [1.29, 1.82) is 0 Å². The Morgan fingerprint density at radius 3 is 1.59 bits per heavy atom. The van der Waals surface area contributed by atoms with E-state index in [-0.39, 0.29) is 5.91 Å². The highest BCUT2D eigenvalue weighted by atomic mass is 16.1. The minimum absolute atomic E-state index is 0.107. The van der Waals surface area contributed by atoms with Crippen molar-refractivity contribution in [3.05, 3.63) is 120 Å². The SMILES string of the molecule is CCCCCCCCC(=O)Nc1ccc(-c2ccc([C-](C)c3ccc(-c4ccccc4)cc3)cc2)cc1. The minimum atomic E-state index is 0.107. The van der Waals surface area contributed by atoms with Crippen LogP contribution in [-0.2, 0) is 4.79 Å². The van der Waals surface area contributed by atoms with E-state index < -0.39 is 0 Å². The molecule has 4 aromatic rings. The highest BCUT2D eigenvalue weighted by Gasteiger charge is 2.05. The molecule has 190 valence electrons. The molecule has 0 radical (unpaired) electrons. The number of nitrogens with one attached hydrogen (secondary N) is 1. The van der Waals surface area contributed by atoms with Crippen molar-refractivity contribution in [2.24, 2.45) is 0 Å². The second-order valence-electron chi connectivity index (χ2n) is 9.79. The molecule has 0 unspecified atom stereocenters. The molecule has 1 amide bonds. The molecule has 2 heteroatoms. The number of hydrogen-bond acceptors (Lipinski definition) is 1. The summed E-state index contributed by atoms with van der Waals surface area (Å²) in [5.74, 6) is 1.37. The van der Waals surface area contributed by atoms with E-state index in [4.69, 9.17) is 0 Å². The fourth-order valence-electron chi connectivity index (χ4n) is 4.66. The molecule has 0 aliphatic heterocycles. The van der Waals surface area contributed by atoms with E-state index in [9.17, 15) is 4.79 Å². The van der Waals surface area contributed by atoms with Gasteiger partial charge < -0.3 is 5.32 Å². The van der Waals surface area contributed by atoms with Gasteiger partial charge in [-0.05, 0) is 40.8 Å². The maximum Gasteiger partial charge on any atom is 0.224 e. The molecule has 0 saturated carbocycles. The normalized spacial score (nSPS) is 10.8. The van der Waals surface area contributed by atoms with Gasteiger partial charge in [0.05, 0.1) is 0 Å². The van der Waals surface area contributed by atoms with Gasteiger partial charge in [0.15, 0.2) is 0 Å². The fourth-order valence-corrected chi connectivity index (χ4v) is 4.66. The first kappa shape index (κ1) is 26.3. The van der Waals surface area contributed by atoms with Crippen LogP contribution in [0, 0.1) is 5.92 Å². The van der Waals surface area contributed by atoms with Crippen LogP contribution in [0.4, 0.5) is 5.69 Å². The quantitative estimate of drug-likeness (QED) is 0.156. The Morgan fingerprint density at radius 2 is 1.05 bits per heavy atom. The first-order chi connectivity index (χ1) is 18.1. The molecular formula is C35H38NO-. The van der Waals surface area contributed by atoms with Gasteiger partial charge in [-0.25, -0.2) is 0 Å². The summed E-state index contributed by atoms with van der Waals surface area (Å²) < 4.78 is 0. The highest BCUT2D eigenvalue weighted by Crippen LogP contribution is 2.29. The number of hydrogen-bond donors (Lipinski definition) is 1. The molecule has 4 rings (SSSR count). The van der Waals surface area contributed by atoms with Crippen LogP contribution in [0.1, 0.15) is 69.9 Å². The molecule has 0 aliphatic carbocycles. The summed E-state index contributed by atoms with van der Waals surface area (Å²) in [6.45, 7) is 4.40. The van der Waals surface area contributed by atoms with Crippen LogP contribution in [0.25, 0.3) is 22.3 Å². The lowest BCUT2D eigenvalue weighted by Crippen LogP contribution is -2.10. The highest BCUT2D eigenvalue weighted by molar-refractivity contribution is 5.91. The third-order valence-electron chi connectivity index (χ3n) is 7.00. The summed E-state index contributed by atoms with van der Waals surface area (Å²) in [6.07, 6.45) is 7.75. The number of carbonyl (C=O) groups excluding carboxylic acids is 1. The van der Waals surface area contributed by atoms with E-state index in [1.165, 1.54) is 59.4 Å². The number of amides is 1. The van der Waals surface area contributed by atoms with E-state index in [0.717, 1.165) is 24.1 Å². The molecule has 0 heterocycles. The van der Waals surface area contributed by atoms with E-state index in [1.54, 1.807) is 0 Å². The van der Waals surface area contributed by atoms with Gasteiger partial charge >= 0.3 is 0 Å². The number of unbranched alkanes of at least 4 members (excludes halogenated alkanes) is 5. The van der Waals surface area contributed by atoms with Crippen molar-refractivity contribution in [3.8, 4) is 22.3 Å². The van der Waals surface area contributed by atoms with Crippen molar-refractivity contribution in [1.82, 2.24) is 0 Å². The molecular weight excluding hydrogens is 450 g/mol. The molecule has 0 fully saturated rings. The Balaban J connectivity index is 1.30. The molecule has 0 atom stereocenters. The predicted molar refractivity (Wildman–Crippen MR) is 157 cm³/mol. The van der Waals surface area contributed by atoms with Gasteiger partial charge in [0.2, 0.25) is 5.91 Å². The standard InChI is InChI=1S/C35H38NO/c1-3-4-5-6-7-11-14-35(37)36-34-25-23-33(24-26-34)32-21-17-29(18-22-32)27(2)28-15-19-31(20-16-28)30-12-9-8-10-13-30/h8-10,12-13,15-26H,3-7,11,14H2,1-2H3,(H,36,37)/q-1. The summed E-state index contributed by atoms with van der Waals surface area (Å²) in [4.78, 5) is 12.3. The van der Waals surface area contributed by atoms with Crippen molar-refractivity contribution in [2.45, 2.75) is 58.8 Å². The van der Waals surface area contributed by atoms with Crippen LogP contribution < -0.4 is 5.32 Å². The smallest absolute Gasteiger partial charge is 0.224 e. The van der Waals surface area contributed by atoms with Gasteiger partial charge in [-0.15, -0.1) is 41.3 Å². The van der Waals surface area contributed by atoms with Crippen molar-refractivity contribution in [2.75, 3.05) is 5.32 Å². The summed E-state index contributed by atoms with van der Waals surface area (Å²) in [5.41, 5.74) is 8.09. The lowest BCUT2D eigenvalue weighted by molar-refractivity contribution is -0.116. The fraction of sp³-hybridized carbons (Fsp3) is 0.257. The predicted octanol–water partition coefficient (Wildman–Crippen LogP) is 9.70. The number of carbonyl (C=O) groups is 1. The zero-order chi connectivity index (χ0) is 25.9. The number of anilines is 1. The van der Waals surface area contributed by atoms with Gasteiger partial charge in [0, 0.05) is 12.1 Å². The largest absolute Gasteiger partial charge is 0.326 e. The van der Waals surface area contributed by atoms with Crippen LogP contribution in [0.3, 0.4) is 0 Å². The van der Waals surface area contributed by atoms with Crippen molar-refractivity contribution >= 4 is 11.6 Å². The van der Waals surface area contributed by atoms with Crippen LogP contribution >= 0.6 is 0 Å². The van der Waals surface area contributed by atoms with E-state index in [1.807, 2.05) is 18.2 Å². The summed E-state index contributed by atoms with van der Waals surface area (Å²) in [6, 6.07) is 36.1. The minimum Gasteiger partial charge on any atom is -0.326 e. The van der Waals surface area contributed by atoms with Crippen molar-refractivity contribution < 1.29 is 4.79 Å². The Hall–Kier alpha value is -3.78. The van der Waals surface area contributed by atoms with Crippen molar-refractivity contribution in [3.63, 3.8) is 0 Å². The van der Waals surface area contributed by atoms with Gasteiger partial charge in [-0.2, -0.15) is 0 Å². The van der Waals surface area contributed by atoms with Gasteiger partial charge in [-0.3, -0.25) is 4.79 Å². The van der Waals surface area contributed by atoms with Gasteiger partial charge in [0.1, 0.15) is 0 Å². The second kappa shape index (κ2) is 13.5. The average Bonchev–Trinajstić information content (AvgIpc) is 2.95. The summed E-state index contributed by atoms with van der Waals surface area (Å²) in [7, 11) is 0. The summed E-state index contributed by atoms with van der Waals surface area (Å²) >= 11 is 0. The van der Waals surface area contributed by atoms with Crippen LogP contribution in [0.2, 0.25) is 0 Å². The molecule has 2 nitrogen and oxygen atoms in total. The molecule has 0 aromatic heterocycles. The van der Waals surface area contributed by atoms with Gasteiger partial charge in [-0.1, -0.05) is 113 Å². The van der Waals surface area contributed by atoms with E-state index in [0.29, 0.717) is 6.42 Å². The van der Waals surface area contributed by atoms with Crippen LogP contribution in [0.5, 0.6) is 0 Å². The van der Waals surface area contributed by atoms with E-state index >= 15 is 0 Å². The molecule has 0 bridgehead atoms. The zero-order valence-corrected chi connectivity index (χ0v) is 22.2. The molecule has 37 heavy (non-hydrogen) atoms. The number of rotatable bonds is 12. The van der Waals surface area contributed by atoms with Gasteiger partial charge in [0.25, 0.3) is 0 Å². The third-order valence-corrected chi connectivity index (χ3v) is 7.00. The maximum atomic E-state index is 12.3. The Kier molecular flexibility index (Phi) is 9.60. The van der Waals surface area contributed by atoms with Crippen LogP contribution in [0.15, 0.2) is 103 Å². The Morgan fingerprint density at radius 1 is 0.595 bits per heavy atom. The first-order valence-corrected chi connectivity index (χ1v) is 13.6. The molecule has 4 aromatic carbocycles. The topological polar surface area (TPSA) is 29.1 Å². The number of benzene rings is 4. The Bertz CT molecular complexity index is 1230. The Labute approximate surface area is 222 Å². The second-order valence-corrected chi connectivity index (χ2v) is 9.79.